The minimum Gasteiger partial charge on any atom is -0.480 e. The van der Waals surface area contributed by atoms with Crippen LogP contribution in [0.3, 0.4) is 0 Å². The minimum absolute atomic E-state index is 0.127. The van der Waals surface area contributed by atoms with E-state index in [0.29, 0.717) is 18.3 Å². The van der Waals surface area contributed by atoms with Crippen molar-refractivity contribution in [2.45, 2.75) is 38.3 Å². The molecular weight excluding hydrogens is 220 g/mol. The molecule has 1 fully saturated rings. The van der Waals surface area contributed by atoms with Gasteiger partial charge in [-0.2, -0.15) is 0 Å². The van der Waals surface area contributed by atoms with Crippen LogP contribution in [0, 0.1) is 5.92 Å². The van der Waals surface area contributed by atoms with Crippen LogP contribution in [0.1, 0.15) is 25.7 Å². The van der Waals surface area contributed by atoms with Gasteiger partial charge in [0, 0.05) is 18.7 Å². The van der Waals surface area contributed by atoms with Crippen LogP contribution >= 0.6 is 0 Å². The van der Waals surface area contributed by atoms with Gasteiger partial charge in [-0.25, -0.2) is 4.68 Å². The zero-order valence-electron chi connectivity index (χ0n) is 10.0. The van der Waals surface area contributed by atoms with E-state index in [1.54, 1.807) is 6.07 Å². The predicted molar refractivity (Wildman–Crippen MR) is 63.0 cm³/mol. The van der Waals surface area contributed by atoms with E-state index in [9.17, 15) is 9.90 Å². The van der Waals surface area contributed by atoms with Crippen LogP contribution in [0.4, 0.5) is 0 Å². The molecular formula is C12H18N2O3. The highest BCUT2D eigenvalue weighted by Crippen LogP contribution is 2.28. The monoisotopic (exact) mass is 238 g/mol. The average Bonchev–Trinajstić information content (AvgIpc) is 2.74. The van der Waals surface area contributed by atoms with Crippen molar-refractivity contribution in [1.82, 2.24) is 9.78 Å². The number of methoxy groups -OCH3 is 1. The molecule has 1 aromatic rings. The second-order valence-corrected chi connectivity index (χ2v) is 4.48. The molecule has 5 heteroatoms. The number of aromatic nitrogens is 2. The van der Waals surface area contributed by atoms with Gasteiger partial charge in [0.05, 0.1) is 13.2 Å². The Morgan fingerprint density at radius 3 is 3.00 bits per heavy atom. The number of rotatable bonds is 4. The molecule has 5 nitrogen and oxygen atoms in total. The second kappa shape index (κ2) is 5.31. The van der Waals surface area contributed by atoms with Crippen LogP contribution in [-0.4, -0.2) is 28.1 Å². The van der Waals surface area contributed by atoms with Crippen molar-refractivity contribution in [2.24, 2.45) is 5.92 Å². The maximum Gasteiger partial charge on any atom is 0.266 e. The first-order chi connectivity index (χ1) is 8.20. The Kier molecular flexibility index (Phi) is 3.78. The fraction of sp³-hybridized carbons (Fsp3) is 0.667. The molecule has 1 aliphatic carbocycles. The quantitative estimate of drug-likeness (QED) is 0.842. The van der Waals surface area contributed by atoms with Crippen LogP contribution in [0.5, 0.6) is 5.88 Å². The molecule has 17 heavy (non-hydrogen) atoms. The maximum atomic E-state index is 11.6. The average molecular weight is 238 g/mol. The van der Waals surface area contributed by atoms with E-state index >= 15 is 0 Å². The standard InChI is InChI=1S/C12H18N2O3/c1-17-11-5-6-12(16)14(13-11)8-7-9-3-2-4-10(9)15/h5-6,9-10,15H,2-4,7-8H2,1H3. The van der Waals surface area contributed by atoms with Gasteiger partial charge in [-0.15, -0.1) is 5.10 Å². The molecule has 1 aromatic heterocycles. The topological polar surface area (TPSA) is 64.3 Å². The van der Waals surface area contributed by atoms with E-state index in [1.807, 2.05) is 0 Å². The number of hydrogen-bond acceptors (Lipinski definition) is 4. The number of aliphatic hydroxyl groups excluding tert-OH is 1. The summed E-state index contributed by atoms with van der Waals surface area (Å²) in [6.45, 7) is 0.539. The first-order valence-corrected chi connectivity index (χ1v) is 6.01. The lowest BCUT2D eigenvalue weighted by atomic mass is 10.0. The fourth-order valence-corrected chi connectivity index (χ4v) is 2.34. The van der Waals surface area contributed by atoms with Crippen LogP contribution in [0.15, 0.2) is 16.9 Å². The summed E-state index contributed by atoms with van der Waals surface area (Å²) in [6, 6.07) is 3.01. The van der Waals surface area contributed by atoms with Gasteiger partial charge in [0.1, 0.15) is 0 Å². The number of aryl methyl sites for hydroxylation is 1. The van der Waals surface area contributed by atoms with Crippen molar-refractivity contribution >= 4 is 0 Å². The minimum atomic E-state index is -0.212. The Morgan fingerprint density at radius 1 is 1.53 bits per heavy atom. The number of hydrogen-bond donors (Lipinski definition) is 1. The molecule has 2 rings (SSSR count). The zero-order valence-corrected chi connectivity index (χ0v) is 10.0. The number of aliphatic hydroxyl groups is 1. The van der Waals surface area contributed by atoms with Crippen molar-refractivity contribution in [1.29, 1.82) is 0 Å². The fourth-order valence-electron chi connectivity index (χ4n) is 2.34. The Morgan fingerprint density at radius 2 is 2.35 bits per heavy atom. The van der Waals surface area contributed by atoms with Crippen LogP contribution in [0.2, 0.25) is 0 Å². The zero-order chi connectivity index (χ0) is 12.3. The molecule has 0 amide bonds. The highest BCUT2D eigenvalue weighted by molar-refractivity contribution is 5.05. The number of nitrogens with zero attached hydrogens (tertiary/aromatic N) is 2. The molecule has 0 saturated heterocycles. The number of ether oxygens (including phenoxy) is 1. The van der Waals surface area contributed by atoms with Gasteiger partial charge >= 0.3 is 0 Å². The van der Waals surface area contributed by atoms with Crippen molar-refractivity contribution in [3.8, 4) is 5.88 Å². The lowest BCUT2D eigenvalue weighted by molar-refractivity contribution is 0.124. The summed E-state index contributed by atoms with van der Waals surface area (Å²) in [6.07, 6.45) is 3.58. The summed E-state index contributed by atoms with van der Waals surface area (Å²) in [5.41, 5.74) is -0.127. The van der Waals surface area contributed by atoms with Gasteiger partial charge in [0.2, 0.25) is 5.88 Å². The second-order valence-electron chi connectivity index (χ2n) is 4.48. The smallest absolute Gasteiger partial charge is 0.266 e. The Bertz CT molecular complexity index is 430. The third-order valence-corrected chi connectivity index (χ3v) is 3.38. The largest absolute Gasteiger partial charge is 0.480 e. The van der Waals surface area contributed by atoms with Crippen LogP contribution < -0.4 is 10.3 Å². The van der Waals surface area contributed by atoms with Gasteiger partial charge in [0.15, 0.2) is 0 Å². The molecule has 0 aliphatic heterocycles. The summed E-state index contributed by atoms with van der Waals surface area (Å²) >= 11 is 0. The summed E-state index contributed by atoms with van der Waals surface area (Å²) < 4.78 is 6.39. The summed E-state index contributed by atoms with van der Waals surface area (Å²) in [7, 11) is 1.53. The lowest BCUT2D eigenvalue weighted by Gasteiger charge is -2.14. The van der Waals surface area contributed by atoms with Gasteiger partial charge in [-0.3, -0.25) is 4.79 Å². The lowest BCUT2D eigenvalue weighted by Crippen LogP contribution is -2.24. The third kappa shape index (κ3) is 2.85. The molecule has 1 N–H and O–H groups in total. The maximum absolute atomic E-state index is 11.6. The van der Waals surface area contributed by atoms with E-state index in [0.717, 1.165) is 25.7 Å². The first-order valence-electron chi connectivity index (χ1n) is 6.01. The van der Waals surface area contributed by atoms with E-state index in [1.165, 1.54) is 17.9 Å². The molecule has 0 bridgehead atoms. The molecule has 1 saturated carbocycles. The summed E-state index contributed by atoms with van der Waals surface area (Å²) in [4.78, 5) is 11.6. The van der Waals surface area contributed by atoms with E-state index in [4.69, 9.17) is 4.74 Å². The normalized spacial score (nSPS) is 23.9. The summed E-state index contributed by atoms with van der Waals surface area (Å²) in [5.74, 6) is 0.742. The Hall–Kier alpha value is -1.36. The van der Waals surface area contributed by atoms with Gasteiger partial charge < -0.3 is 9.84 Å². The highest BCUT2D eigenvalue weighted by atomic mass is 16.5. The Labute approximate surface area is 100 Å². The molecule has 1 aliphatic rings. The van der Waals surface area contributed by atoms with Gasteiger partial charge in [-0.05, 0) is 25.2 Å². The molecule has 0 spiro atoms. The molecule has 0 radical (unpaired) electrons. The van der Waals surface area contributed by atoms with Gasteiger partial charge in [-0.1, -0.05) is 6.42 Å². The molecule has 94 valence electrons. The van der Waals surface area contributed by atoms with Gasteiger partial charge in [0.25, 0.3) is 5.56 Å². The first kappa shape index (κ1) is 12.1. The molecule has 1 heterocycles. The van der Waals surface area contributed by atoms with Crippen molar-refractivity contribution < 1.29 is 9.84 Å². The van der Waals surface area contributed by atoms with Crippen molar-refractivity contribution in [2.75, 3.05) is 7.11 Å². The van der Waals surface area contributed by atoms with Crippen molar-refractivity contribution in [3.05, 3.63) is 22.5 Å². The molecule has 2 unspecified atom stereocenters. The van der Waals surface area contributed by atoms with Crippen LogP contribution in [-0.2, 0) is 6.54 Å². The molecule has 0 aromatic carbocycles. The van der Waals surface area contributed by atoms with E-state index in [2.05, 4.69) is 5.10 Å². The summed E-state index contributed by atoms with van der Waals surface area (Å²) in [5, 5.41) is 13.8. The van der Waals surface area contributed by atoms with Crippen molar-refractivity contribution in [3.63, 3.8) is 0 Å². The SMILES string of the molecule is COc1ccc(=O)n(CCC2CCCC2O)n1. The third-order valence-electron chi connectivity index (χ3n) is 3.38. The van der Waals surface area contributed by atoms with Crippen LogP contribution in [0.25, 0.3) is 0 Å². The molecule has 2 atom stereocenters. The predicted octanol–water partition coefficient (Wildman–Crippen LogP) is 0.803. The Balaban J connectivity index is 2.00. The van der Waals surface area contributed by atoms with E-state index < -0.39 is 0 Å². The van der Waals surface area contributed by atoms with E-state index in [-0.39, 0.29) is 11.7 Å². The highest BCUT2D eigenvalue weighted by Gasteiger charge is 2.24.